The van der Waals surface area contributed by atoms with Crippen molar-refractivity contribution in [2.24, 2.45) is 11.7 Å². The lowest BCUT2D eigenvalue weighted by molar-refractivity contribution is -0.192. The van der Waals surface area contributed by atoms with Crippen molar-refractivity contribution in [3.05, 3.63) is 35.5 Å². The lowest BCUT2D eigenvalue weighted by atomic mass is 9.88. The second kappa shape index (κ2) is 12.9. The smallest absolute Gasteiger partial charge is 0.475 e. The van der Waals surface area contributed by atoms with Crippen LogP contribution in [-0.2, 0) is 9.53 Å². The topological polar surface area (TPSA) is 122 Å². The fraction of sp³-hybridized carbons (Fsp3) is 0.577. The summed E-state index contributed by atoms with van der Waals surface area (Å²) in [6.45, 7) is 6.04. The number of alkyl halides is 3. The van der Waals surface area contributed by atoms with Crippen LogP contribution >= 0.6 is 11.6 Å². The largest absolute Gasteiger partial charge is 0.490 e. The van der Waals surface area contributed by atoms with Gasteiger partial charge in [0.15, 0.2) is 0 Å². The molecule has 0 radical (unpaired) electrons. The quantitative estimate of drug-likeness (QED) is 0.355. The zero-order valence-electron chi connectivity index (χ0n) is 21.5. The Morgan fingerprint density at radius 2 is 1.89 bits per heavy atom. The number of carbonyl (C=O) groups is 1. The van der Waals surface area contributed by atoms with Crippen molar-refractivity contribution >= 4 is 29.2 Å². The highest BCUT2D eigenvalue weighted by Crippen LogP contribution is 2.31. The molecule has 0 unspecified atom stereocenters. The molecule has 2 aromatic heterocycles. The van der Waals surface area contributed by atoms with Gasteiger partial charge in [0.25, 0.3) is 0 Å². The molecule has 1 aliphatic carbocycles. The zero-order chi connectivity index (χ0) is 27.9. The molecule has 1 saturated heterocycles. The molecule has 12 heteroatoms. The van der Waals surface area contributed by atoms with E-state index in [2.05, 4.69) is 29.5 Å². The SMILES string of the molecule is CC1(C)C[C@H](CNc2cccc(-c3cc(N[C@H]4CC[C@H](N)CC4)ncc3Cl)n2)CCO1.O=C(O)C(F)(F)F. The van der Waals surface area contributed by atoms with Crippen molar-refractivity contribution in [1.82, 2.24) is 9.97 Å². The van der Waals surface area contributed by atoms with Crippen molar-refractivity contribution in [3.63, 3.8) is 0 Å². The molecule has 0 aromatic carbocycles. The van der Waals surface area contributed by atoms with E-state index in [1.807, 2.05) is 24.3 Å². The number of pyridine rings is 2. The average Bonchev–Trinajstić information content (AvgIpc) is 2.85. The number of nitrogens with zero attached hydrogens (tertiary/aromatic N) is 2. The maximum Gasteiger partial charge on any atom is 0.490 e. The normalized spacial score (nSPS) is 23.1. The highest BCUT2D eigenvalue weighted by atomic mass is 35.5. The monoisotopic (exact) mass is 557 g/mol. The van der Waals surface area contributed by atoms with Crippen molar-refractivity contribution in [1.29, 1.82) is 0 Å². The van der Waals surface area contributed by atoms with Crippen LogP contribution in [0.2, 0.25) is 5.02 Å². The standard InChI is InChI=1S/C24H34ClN5O.C2HF3O2/c1-24(2)13-16(10-11-31-24)14-27-22-5-3-4-21(30-22)19-12-23(28-15-20(19)25)29-18-8-6-17(26)7-9-18;3-2(4,5)1(6)7/h3-5,12,15-18H,6-11,13-14,26H2,1-2H3,(H,27,30)(H,28,29);(H,6,7)/t16-,17-,18-;/m1./s1. The third kappa shape index (κ3) is 9.28. The number of carboxylic acid groups (broad SMARTS) is 1. The fourth-order valence-corrected chi connectivity index (χ4v) is 4.85. The van der Waals surface area contributed by atoms with Crippen LogP contribution in [0.1, 0.15) is 52.4 Å². The number of anilines is 2. The summed E-state index contributed by atoms with van der Waals surface area (Å²) in [5, 5.41) is 14.8. The number of hydrogen-bond donors (Lipinski definition) is 4. The van der Waals surface area contributed by atoms with Gasteiger partial charge < -0.3 is 26.2 Å². The predicted molar refractivity (Wildman–Crippen MR) is 141 cm³/mol. The number of nitrogens with one attached hydrogen (secondary N) is 2. The van der Waals surface area contributed by atoms with Crippen LogP contribution in [0.4, 0.5) is 24.8 Å². The van der Waals surface area contributed by atoms with Gasteiger partial charge in [-0.3, -0.25) is 0 Å². The zero-order valence-corrected chi connectivity index (χ0v) is 22.3. The van der Waals surface area contributed by atoms with Gasteiger partial charge in [0.05, 0.1) is 16.3 Å². The first kappa shape index (κ1) is 29.9. The second-order valence-corrected chi connectivity index (χ2v) is 10.8. The van der Waals surface area contributed by atoms with Crippen LogP contribution in [0, 0.1) is 5.92 Å². The van der Waals surface area contributed by atoms with Gasteiger partial charge in [-0.2, -0.15) is 13.2 Å². The second-order valence-electron chi connectivity index (χ2n) is 10.4. The third-order valence-corrected chi connectivity index (χ3v) is 6.92. The van der Waals surface area contributed by atoms with Crippen molar-refractivity contribution in [3.8, 4) is 11.3 Å². The summed E-state index contributed by atoms with van der Waals surface area (Å²) in [5.41, 5.74) is 7.72. The van der Waals surface area contributed by atoms with Crippen molar-refractivity contribution < 1.29 is 27.8 Å². The number of aliphatic carboxylic acids is 1. The molecule has 2 aromatic rings. The lowest BCUT2D eigenvalue weighted by Gasteiger charge is -2.35. The van der Waals surface area contributed by atoms with E-state index in [1.54, 1.807) is 6.20 Å². The molecule has 3 heterocycles. The summed E-state index contributed by atoms with van der Waals surface area (Å²) in [4.78, 5) is 18.2. The number of nitrogens with two attached hydrogens (primary N) is 1. The van der Waals surface area contributed by atoms with Crippen LogP contribution in [-0.4, -0.2) is 58.1 Å². The minimum absolute atomic E-state index is 0.0444. The molecule has 4 rings (SSSR count). The van der Waals surface area contributed by atoms with Gasteiger partial charge >= 0.3 is 12.1 Å². The van der Waals surface area contributed by atoms with E-state index in [0.29, 0.717) is 23.0 Å². The van der Waals surface area contributed by atoms with Gasteiger partial charge in [-0.25, -0.2) is 14.8 Å². The summed E-state index contributed by atoms with van der Waals surface area (Å²) in [6, 6.07) is 8.76. The molecular weight excluding hydrogens is 523 g/mol. The highest BCUT2D eigenvalue weighted by Gasteiger charge is 2.38. The van der Waals surface area contributed by atoms with Crippen LogP contribution < -0.4 is 16.4 Å². The Bertz CT molecular complexity index is 1080. The van der Waals surface area contributed by atoms with E-state index in [9.17, 15) is 13.2 Å². The van der Waals surface area contributed by atoms with E-state index < -0.39 is 12.1 Å². The van der Waals surface area contributed by atoms with Crippen LogP contribution in [0.5, 0.6) is 0 Å². The number of hydrogen-bond acceptors (Lipinski definition) is 7. The van der Waals surface area contributed by atoms with E-state index >= 15 is 0 Å². The molecule has 1 saturated carbocycles. The van der Waals surface area contributed by atoms with Crippen molar-refractivity contribution in [2.45, 2.75) is 76.2 Å². The van der Waals surface area contributed by atoms with Crippen LogP contribution in [0.25, 0.3) is 11.3 Å². The van der Waals surface area contributed by atoms with E-state index in [-0.39, 0.29) is 5.60 Å². The Morgan fingerprint density at radius 1 is 1.21 bits per heavy atom. The van der Waals surface area contributed by atoms with Crippen LogP contribution in [0.3, 0.4) is 0 Å². The maximum atomic E-state index is 10.6. The summed E-state index contributed by atoms with van der Waals surface area (Å²) < 4.78 is 37.6. The molecule has 0 spiro atoms. The Hall–Kier alpha value is -2.63. The Labute approximate surface area is 225 Å². The first-order chi connectivity index (χ1) is 17.8. The first-order valence-electron chi connectivity index (χ1n) is 12.7. The summed E-state index contributed by atoms with van der Waals surface area (Å²) in [5.74, 6) is -0.472. The molecule has 2 aliphatic rings. The van der Waals surface area contributed by atoms with Crippen molar-refractivity contribution in [2.75, 3.05) is 23.8 Å². The summed E-state index contributed by atoms with van der Waals surface area (Å²) in [6.07, 6.45) is 3.00. The number of aromatic nitrogens is 2. The molecule has 1 atom stereocenters. The van der Waals surface area contributed by atoms with E-state index in [4.69, 9.17) is 37.0 Å². The Morgan fingerprint density at radius 3 is 2.53 bits per heavy atom. The molecule has 210 valence electrons. The highest BCUT2D eigenvalue weighted by molar-refractivity contribution is 6.33. The minimum Gasteiger partial charge on any atom is -0.475 e. The Kier molecular flexibility index (Phi) is 10.2. The number of ether oxygens (including phenoxy) is 1. The van der Waals surface area contributed by atoms with Crippen LogP contribution in [0.15, 0.2) is 30.5 Å². The average molecular weight is 558 g/mol. The van der Waals surface area contributed by atoms with E-state index in [0.717, 1.165) is 74.6 Å². The fourth-order valence-electron chi connectivity index (χ4n) is 4.65. The van der Waals surface area contributed by atoms with Gasteiger partial charge in [0.2, 0.25) is 0 Å². The molecule has 5 N–H and O–H groups in total. The lowest BCUT2D eigenvalue weighted by Crippen LogP contribution is -2.36. The summed E-state index contributed by atoms with van der Waals surface area (Å²) >= 11 is 6.49. The maximum absolute atomic E-state index is 10.6. The van der Waals surface area contributed by atoms with Gasteiger partial charge in [0, 0.05) is 37.0 Å². The molecule has 0 bridgehead atoms. The molecular formula is C26H35ClF3N5O3. The van der Waals surface area contributed by atoms with Gasteiger partial charge in [0.1, 0.15) is 11.6 Å². The number of halogens is 4. The van der Waals surface area contributed by atoms with Gasteiger partial charge in [-0.1, -0.05) is 17.7 Å². The molecule has 8 nitrogen and oxygen atoms in total. The molecule has 0 amide bonds. The summed E-state index contributed by atoms with van der Waals surface area (Å²) in [7, 11) is 0. The van der Waals surface area contributed by atoms with Gasteiger partial charge in [-0.05, 0) is 76.5 Å². The third-order valence-electron chi connectivity index (χ3n) is 6.62. The van der Waals surface area contributed by atoms with Gasteiger partial charge in [-0.15, -0.1) is 0 Å². The molecule has 2 fully saturated rings. The van der Waals surface area contributed by atoms with E-state index in [1.165, 1.54) is 0 Å². The minimum atomic E-state index is -5.08. The predicted octanol–water partition coefficient (Wildman–Crippen LogP) is 5.73. The number of rotatable bonds is 6. The Balaban J connectivity index is 0.000000505. The molecule has 38 heavy (non-hydrogen) atoms. The first-order valence-corrected chi connectivity index (χ1v) is 13.0. The molecule has 1 aliphatic heterocycles. The number of carboxylic acids is 1.